The number of piperazine rings is 1. The van der Waals surface area contributed by atoms with E-state index in [1.165, 1.54) is 12.0 Å². The maximum atomic E-state index is 6.29. The molecule has 0 bridgehead atoms. The molecule has 1 saturated carbocycles. The number of nitrogens with zero attached hydrogens (tertiary/aromatic N) is 6. The van der Waals surface area contributed by atoms with Crippen LogP contribution >= 0.6 is 0 Å². The molecule has 3 aliphatic rings. The van der Waals surface area contributed by atoms with E-state index in [4.69, 9.17) is 9.15 Å². The van der Waals surface area contributed by atoms with Crippen LogP contribution in [-0.2, 0) is 17.7 Å². The second-order valence-electron chi connectivity index (χ2n) is 9.14. The average molecular weight is 434 g/mol. The lowest BCUT2D eigenvalue weighted by atomic mass is 9.98. The van der Waals surface area contributed by atoms with Gasteiger partial charge in [-0.25, -0.2) is 15.0 Å². The van der Waals surface area contributed by atoms with E-state index in [0.29, 0.717) is 0 Å². The van der Waals surface area contributed by atoms with Gasteiger partial charge in [-0.1, -0.05) is 6.08 Å². The Bertz CT molecular complexity index is 1110. The average Bonchev–Trinajstić information content (AvgIpc) is 3.18. The summed E-state index contributed by atoms with van der Waals surface area (Å²) >= 11 is 0. The van der Waals surface area contributed by atoms with Crippen LogP contribution in [0.4, 0.5) is 5.82 Å². The molecule has 2 aliphatic carbocycles. The molecule has 166 valence electrons. The van der Waals surface area contributed by atoms with Gasteiger partial charge in [0.05, 0.1) is 28.8 Å². The third kappa shape index (κ3) is 3.93. The Morgan fingerprint density at radius 1 is 1.19 bits per heavy atom. The summed E-state index contributed by atoms with van der Waals surface area (Å²) in [4.78, 5) is 18.0. The van der Waals surface area contributed by atoms with Crippen LogP contribution in [0.1, 0.15) is 36.7 Å². The van der Waals surface area contributed by atoms with Crippen molar-refractivity contribution < 1.29 is 9.15 Å². The molecule has 0 radical (unpaired) electrons. The molecule has 1 unspecified atom stereocenters. The maximum Gasteiger partial charge on any atom is 0.180 e. The highest BCUT2D eigenvalue weighted by Gasteiger charge is 2.41. The monoisotopic (exact) mass is 433 g/mol. The zero-order chi connectivity index (χ0) is 21.5. The fraction of sp³-hybridized carbons (Fsp3) is 0.478. The van der Waals surface area contributed by atoms with Crippen molar-refractivity contribution >= 4 is 11.9 Å². The number of nitrogens with one attached hydrogen (secondary N) is 1. The van der Waals surface area contributed by atoms with Crippen LogP contribution in [0.3, 0.4) is 0 Å². The Morgan fingerprint density at radius 2 is 2.06 bits per heavy atom. The summed E-state index contributed by atoms with van der Waals surface area (Å²) in [6, 6.07) is 2.06. The summed E-state index contributed by atoms with van der Waals surface area (Å²) in [5, 5.41) is 7.75. The molecule has 9 heteroatoms. The van der Waals surface area contributed by atoms with Crippen LogP contribution in [0.5, 0.6) is 0 Å². The minimum Gasteiger partial charge on any atom is -0.451 e. The lowest BCUT2D eigenvalue weighted by Gasteiger charge is -2.35. The first-order valence-electron chi connectivity index (χ1n) is 11.3. The standard InChI is InChI=1S/C23H27N7O2/c1-23(4-5-23)32-17-2-3-19-18(10-17)22(28-27-19)20-11-21(25-14-24-20)30-8-6-29(7-9-30)12-16-13-31-15-26-16/h2-3,11,13-15,17H,4-10,12H2,1H3,(H,27,28). The van der Waals surface area contributed by atoms with Gasteiger partial charge in [0.25, 0.3) is 0 Å². The molecule has 4 heterocycles. The van der Waals surface area contributed by atoms with Gasteiger partial charge in [-0.05, 0) is 25.8 Å². The van der Waals surface area contributed by atoms with Gasteiger partial charge in [-0.15, -0.1) is 0 Å². The summed E-state index contributed by atoms with van der Waals surface area (Å²) in [5.74, 6) is 0.942. The van der Waals surface area contributed by atoms with Gasteiger partial charge in [-0.3, -0.25) is 10.00 Å². The van der Waals surface area contributed by atoms with Crippen LogP contribution in [0.25, 0.3) is 17.5 Å². The zero-order valence-electron chi connectivity index (χ0n) is 18.2. The van der Waals surface area contributed by atoms with Crippen molar-refractivity contribution in [2.75, 3.05) is 31.1 Å². The lowest BCUT2D eigenvalue weighted by Crippen LogP contribution is -2.46. The van der Waals surface area contributed by atoms with Crippen molar-refractivity contribution in [1.29, 1.82) is 0 Å². The Labute approximate surface area is 186 Å². The van der Waals surface area contributed by atoms with E-state index in [0.717, 1.165) is 80.6 Å². The smallest absolute Gasteiger partial charge is 0.180 e. The molecule has 1 aliphatic heterocycles. The SMILES string of the molecule is CC1(OC2C=Cc3[nH]nc(-c4cc(N5CCN(Cc6cocn6)CC5)ncn4)c3C2)CC1. The van der Waals surface area contributed by atoms with Gasteiger partial charge < -0.3 is 14.1 Å². The van der Waals surface area contributed by atoms with Crippen molar-refractivity contribution in [3.05, 3.63) is 48.1 Å². The highest BCUT2D eigenvalue weighted by molar-refractivity contribution is 5.69. The Morgan fingerprint density at radius 3 is 2.84 bits per heavy atom. The molecule has 32 heavy (non-hydrogen) atoms. The van der Waals surface area contributed by atoms with E-state index in [1.54, 1.807) is 12.6 Å². The highest BCUT2D eigenvalue weighted by Crippen LogP contribution is 2.41. The predicted molar refractivity (Wildman–Crippen MR) is 119 cm³/mol. The first kappa shape index (κ1) is 19.6. The fourth-order valence-corrected chi connectivity index (χ4v) is 4.48. The van der Waals surface area contributed by atoms with Crippen LogP contribution in [-0.4, -0.2) is 67.9 Å². The van der Waals surface area contributed by atoms with Crippen LogP contribution in [0.2, 0.25) is 0 Å². The number of aromatic amines is 1. The number of H-pyrrole nitrogens is 1. The van der Waals surface area contributed by atoms with Gasteiger partial charge >= 0.3 is 0 Å². The number of hydrogen-bond donors (Lipinski definition) is 1. The van der Waals surface area contributed by atoms with Crippen LogP contribution in [0, 0.1) is 0 Å². The Balaban J connectivity index is 1.16. The molecule has 6 rings (SSSR count). The van der Waals surface area contributed by atoms with Gasteiger partial charge in [0.1, 0.15) is 24.1 Å². The number of fused-ring (bicyclic) bond motifs is 1. The molecule has 1 atom stereocenters. The second kappa shape index (κ2) is 7.83. The third-order valence-corrected chi connectivity index (χ3v) is 6.63. The molecule has 0 amide bonds. The largest absolute Gasteiger partial charge is 0.451 e. The molecular weight excluding hydrogens is 406 g/mol. The van der Waals surface area contributed by atoms with Crippen molar-refractivity contribution in [3.63, 3.8) is 0 Å². The topological polar surface area (TPSA) is 96.2 Å². The minimum absolute atomic E-state index is 0.0499. The molecule has 0 spiro atoms. The molecule has 9 nitrogen and oxygen atoms in total. The molecule has 1 N–H and O–H groups in total. The van der Waals surface area contributed by atoms with E-state index in [9.17, 15) is 0 Å². The first-order chi connectivity index (χ1) is 15.7. The summed E-state index contributed by atoms with van der Waals surface area (Å²) in [5.41, 5.74) is 4.98. The summed E-state index contributed by atoms with van der Waals surface area (Å²) < 4.78 is 11.4. The quantitative estimate of drug-likeness (QED) is 0.634. The van der Waals surface area contributed by atoms with Crippen molar-refractivity contribution in [2.45, 2.75) is 44.4 Å². The summed E-state index contributed by atoms with van der Waals surface area (Å²) in [7, 11) is 0. The number of oxazole rings is 1. The van der Waals surface area contributed by atoms with Crippen molar-refractivity contribution in [2.24, 2.45) is 0 Å². The van der Waals surface area contributed by atoms with Gasteiger partial charge in [0.15, 0.2) is 6.39 Å². The van der Waals surface area contributed by atoms with Gasteiger partial charge in [-0.2, -0.15) is 5.10 Å². The van der Waals surface area contributed by atoms with E-state index < -0.39 is 0 Å². The third-order valence-electron chi connectivity index (χ3n) is 6.63. The summed E-state index contributed by atoms with van der Waals surface area (Å²) in [6.07, 6.45) is 12.2. The molecule has 3 aromatic rings. The molecule has 3 aromatic heterocycles. The lowest BCUT2D eigenvalue weighted by molar-refractivity contribution is 0.00641. The zero-order valence-corrected chi connectivity index (χ0v) is 18.2. The predicted octanol–water partition coefficient (Wildman–Crippen LogP) is 2.68. The fourth-order valence-electron chi connectivity index (χ4n) is 4.48. The Hall–Kier alpha value is -3.04. The minimum atomic E-state index is 0.0499. The first-order valence-corrected chi connectivity index (χ1v) is 11.3. The normalized spacial score (nSPS) is 22.2. The van der Waals surface area contributed by atoms with Gasteiger partial charge in [0.2, 0.25) is 0 Å². The van der Waals surface area contributed by atoms with E-state index in [2.05, 4.69) is 60.1 Å². The summed E-state index contributed by atoms with van der Waals surface area (Å²) in [6.45, 7) is 6.72. The number of rotatable bonds is 6. The Kier molecular flexibility index (Phi) is 4.80. The van der Waals surface area contributed by atoms with Gasteiger partial charge in [0, 0.05) is 50.8 Å². The van der Waals surface area contributed by atoms with E-state index >= 15 is 0 Å². The van der Waals surface area contributed by atoms with Crippen molar-refractivity contribution in [1.82, 2.24) is 30.0 Å². The highest BCUT2D eigenvalue weighted by atomic mass is 16.5. The molecular formula is C23H27N7O2. The van der Waals surface area contributed by atoms with E-state index in [-0.39, 0.29) is 11.7 Å². The molecule has 1 saturated heterocycles. The van der Waals surface area contributed by atoms with Crippen LogP contribution in [0.15, 0.2) is 35.5 Å². The van der Waals surface area contributed by atoms with Crippen LogP contribution < -0.4 is 4.90 Å². The number of hydrogen-bond acceptors (Lipinski definition) is 8. The number of ether oxygens (including phenoxy) is 1. The molecule has 2 fully saturated rings. The number of anilines is 1. The second-order valence-corrected chi connectivity index (χ2v) is 9.14. The van der Waals surface area contributed by atoms with Crippen molar-refractivity contribution in [3.8, 4) is 11.4 Å². The molecule has 0 aromatic carbocycles. The maximum absolute atomic E-state index is 6.29. The number of aromatic nitrogens is 5. The van der Waals surface area contributed by atoms with E-state index in [1.807, 2.05) is 0 Å².